The standard InChI is InChI=1S/C21H23ClN4O5/c1-30-11-5-10-23-20(28)21(29)26-24-13-15-8-9-18(17(22)12-15)31-14-19(27)25-16-6-3-2-4-7-16/h2-4,6-9,12-13H,5,10-11,14H2,1H3,(H,23,28)(H,25,27)(H,26,29)/b24-13-. The van der Waals surface area contributed by atoms with E-state index in [0.29, 0.717) is 36.6 Å². The van der Waals surface area contributed by atoms with Gasteiger partial charge in [0.05, 0.1) is 11.2 Å². The van der Waals surface area contributed by atoms with E-state index in [0.717, 1.165) is 0 Å². The van der Waals surface area contributed by atoms with Gasteiger partial charge in [0.15, 0.2) is 6.61 Å². The Labute approximate surface area is 184 Å². The van der Waals surface area contributed by atoms with E-state index in [1.807, 2.05) is 18.2 Å². The molecular formula is C21H23ClN4O5. The number of rotatable bonds is 10. The highest BCUT2D eigenvalue weighted by atomic mass is 35.5. The van der Waals surface area contributed by atoms with E-state index in [1.54, 1.807) is 37.4 Å². The van der Waals surface area contributed by atoms with Gasteiger partial charge in [0.2, 0.25) is 0 Å². The number of halogens is 1. The smallest absolute Gasteiger partial charge is 0.329 e. The van der Waals surface area contributed by atoms with Gasteiger partial charge in [-0.25, -0.2) is 5.43 Å². The number of carbonyl (C=O) groups is 3. The second kappa shape index (κ2) is 13.0. The molecule has 0 fully saturated rings. The van der Waals surface area contributed by atoms with E-state index in [-0.39, 0.29) is 17.5 Å². The van der Waals surface area contributed by atoms with Gasteiger partial charge in [-0.1, -0.05) is 29.8 Å². The van der Waals surface area contributed by atoms with Gasteiger partial charge < -0.3 is 20.1 Å². The molecule has 31 heavy (non-hydrogen) atoms. The second-order valence-corrected chi connectivity index (χ2v) is 6.60. The minimum atomic E-state index is -0.885. The van der Waals surface area contributed by atoms with Gasteiger partial charge in [-0.3, -0.25) is 14.4 Å². The third kappa shape index (κ3) is 8.85. The Kier molecular flexibility index (Phi) is 9.99. The SMILES string of the molecule is COCCCNC(=O)C(=O)N/N=C\c1ccc(OCC(=O)Nc2ccccc2)c(Cl)c1. The minimum absolute atomic E-state index is 0.211. The minimum Gasteiger partial charge on any atom is -0.482 e. The molecule has 3 N–H and O–H groups in total. The summed E-state index contributed by atoms with van der Waals surface area (Å²) < 4.78 is 10.3. The van der Waals surface area contributed by atoms with Gasteiger partial charge in [-0.2, -0.15) is 5.10 Å². The van der Waals surface area contributed by atoms with E-state index >= 15 is 0 Å². The van der Waals surface area contributed by atoms with Crippen molar-refractivity contribution in [3.05, 3.63) is 59.1 Å². The molecule has 164 valence electrons. The Balaban J connectivity index is 1.78. The Hall–Kier alpha value is -3.43. The molecule has 10 heteroatoms. The van der Waals surface area contributed by atoms with E-state index in [4.69, 9.17) is 21.1 Å². The molecule has 0 saturated heterocycles. The summed E-state index contributed by atoms with van der Waals surface area (Å²) in [6, 6.07) is 13.8. The Morgan fingerprint density at radius 2 is 1.87 bits per heavy atom. The number of nitrogens with one attached hydrogen (secondary N) is 3. The maximum atomic E-state index is 11.9. The third-order valence-electron chi connectivity index (χ3n) is 3.77. The van der Waals surface area contributed by atoms with Crippen LogP contribution < -0.4 is 20.8 Å². The van der Waals surface area contributed by atoms with Crippen LogP contribution in [0.3, 0.4) is 0 Å². The predicted molar refractivity (Wildman–Crippen MR) is 117 cm³/mol. The highest BCUT2D eigenvalue weighted by molar-refractivity contribution is 6.35. The van der Waals surface area contributed by atoms with Crippen molar-refractivity contribution in [1.29, 1.82) is 0 Å². The first kappa shape index (κ1) is 23.8. The number of methoxy groups -OCH3 is 1. The number of hydrogen-bond donors (Lipinski definition) is 3. The molecular weight excluding hydrogens is 424 g/mol. The Bertz CT molecular complexity index is 921. The molecule has 2 aromatic rings. The molecule has 2 aromatic carbocycles. The van der Waals surface area contributed by atoms with Gasteiger partial charge >= 0.3 is 11.8 Å². The van der Waals surface area contributed by atoms with Gasteiger partial charge in [-0.05, 0) is 42.3 Å². The first-order chi connectivity index (χ1) is 15.0. The van der Waals surface area contributed by atoms with Crippen molar-refractivity contribution in [3.8, 4) is 5.75 Å². The fraction of sp³-hybridized carbons (Fsp3) is 0.238. The molecule has 9 nitrogen and oxygen atoms in total. The van der Waals surface area contributed by atoms with E-state index in [9.17, 15) is 14.4 Å². The van der Waals surface area contributed by atoms with E-state index in [1.165, 1.54) is 6.21 Å². The fourth-order valence-electron chi connectivity index (χ4n) is 2.29. The zero-order valence-electron chi connectivity index (χ0n) is 16.9. The number of carbonyl (C=O) groups excluding carboxylic acids is 3. The summed E-state index contributed by atoms with van der Waals surface area (Å²) in [4.78, 5) is 35.2. The summed E-state index contributed by atoms with van der Waals surface area (Å²) in [6.07, 6.45) is 1.92. The average molecular weight is 447 g/mol. The molecule has 3 amide bonds. The molecule has 0 saturated carbocycles. The van der Waals surface area contributed by atoms with Crippen molar-refractivity contribution in [1.82, 2.24) is 10.7 Å². The average Bonchev–Trinajstić information content (AvgIpc) is 2.76. The van der Waals surface area contributed by atoms with Crippen LogP contribution in [0, 0.1) is 0 Å². The summed E-state index contributed by atoms with van der Waals surface area (Å²) in [5.74, 6) is -1.68. The third-order valence-corrected chi connectivity index (χ3v) is 4.06. The van der Waals surface area contributed by atoms with Gasteiger partial charge in [0.25, 0.3) is 5.91 Å². The zero-order chi connectivity index (χ0) is 22.5. The number of para-hydroxylation sites is 1. The molecule has 0 heterocycles. The maximum Gasteiger partial charge on any atom is 0.329 e. The highest BCUT2D eigenvalue weighted by Crippen LogP contribution is 2.25. The van der Waals surface area contributed by atoms with Crippen LogP contribution in [-0.4, -0.2) is 50.8 Å². The van der Waals surface area contributed by atoms with Crippen LogP contribution in [0.4, 0.5) is 5.69 Å². The quantitative estimate of drug-likeness (QED) is 0.223. The van der Waals surface area contributed by atoms with Crippen LogP contribution in [0.1, 0.15) is 12.0 Å². The fourth-order valence-corrected chi connectivity index (χ4v) is 2.53. The number of hydrazone groups is 1. The van der Waals surface area contributed by atoms with Crippen molar-refractivity contribution in [2.24, 2.45) is 5.10 Å². The lowest BCUT2D eigenvalue weighted by atomic mass is 10.2. The molecule has 0 aliphatic carbocycles. The summed E-state index contributed by atoms with van der Waals surface area (Å²) in [5.41, 5.74) is 3.36. The van der Waals surface area contributed by atoms with Crippen molar-refractivity contribution < 1.29 is 23.9 Å². The van der Waals surface area contributed by atoms with Gasteiger partial charge in [-0.15, -0.1) is 0 Å². The van der Waals surface area contributed by atoms with Crippen molar-refractivity contribution in [2.45, 2.75) is 6.42 Å². The predicted octanol–water partition coefficient (Wildman–Crippen LogP) is 1.96. The molecule has 0 spiro atoms. The Morgan fingerprint density at radius 1 is 1.10 bits per heavy atom. The van der Waals surface area contributed by atoms with Crippen LogP contribution in [-0.2, 0) is 19.1 Å². The van der Waals surface area contributed by atoms with Gasteiger partial charge in [0, 0.05) is 25.9 Å². The number of ether oxygens (including phenoxy) is 2. The molecule has 0 radical (unpaired) electrons. The topological polar surface area (TPSA) is 118 Å². The summed E-state index contributed by atoms with van der Waals surface area (Å²) in [6.45, 7) is 0.597. The molecule has 0 bridgehead atoms. The summed E-state index contributed by atoms with van der Waals surface area (Å²) in [5, 5.41) is 9.14. The van der Waals surface area contributed by atoms with Crippen LogP contribution >= 0.6 is 11.6 Å². The number of hydrogen-bond acceptors (Lipinski definition) is 6. The highest BCUT2D eigenvalue weighted by Gasteiger charge is 2.11. The van der Waals surface area contributed by atoms with E-state index in [2.05, 4.69) is 21.2 Å². The largest absolute Gasteiger partial charge is 0.482 e. The van der Waals surface area contributed by atoms with Crippen LogP contribution in [0.2, 0.25) is 5.02 Å². The molecule has 0 aliphatic heterocycles. The van der Waals surface area contributed by atoms with Crippen molar-refractivity contribution in [2.75, 3.05) is 32.2 Å². The molecule has 0 aliphatic rings. The lowest BCUT2D eigenvalue weighted by molar-refractivity contribution is -0.139. The summed E-state index contributed by atoms with van der Waals surface area (Å²) in [7, 11) is 1.55. The first-order valence-electron chi connectivity index (χ1n) is 9.37. The zero-order valence-corrected chi connectivity index (χ0v) is 17.6. The maximum absolute atomic E-state index is 11.9. The second-order valence-electron chi connectivity index (χ2n) is 6.19. The number of nitrogens with zero attached hydrogens (tertiary/aromatic N) is 1. The number of amides is 3. The lowest BCUT2D eigenvalue weighted by Gasteiger charge is -2.09. The van der Waals surface area contributed by atoms with Crippen LogP contribution in [0.25, 0.3) is 0 Å². The normalized spacial score (nSPS) is 10.5. The molecule has 0 aromatic heterocycles. The van der Waals surface area contributed by atoms with Crippen molar-refractivity contribution >= 4 is 41.2 Å². The first-order valence-corrected chi connectivity index (χ1v) is 9.75. The van der Waals surface area contributed by atoms with Crippen molar-refractivity contribution in [3.63, 3.8) is 0 Å². The van der Waals surface area contributed by atoms with Crippen LogP contribution in [0.15, 0.2) is 53.6 Å². The molecule has 2 rings (SSSR count). The number of anilines is 1. The number of benzene rings is 2. The summed E-state index contributed by atoms with van der Waals surface area (Å²) >= 11 is 6.17. The monoisotopic (exact) mass is 446 g/mol. The van der Waals surface area contributed by atoms with Crippen LogP contribution in [0.5, 0.6) is 5.75 Å². The molecule has 0 atom stereocenters. The lowest BCUT2D eigenvalue weighted by Crippen LogP contribution is -2.38. The van der Waals surface area contributed by atoms with E-state index < -0.39 is 11.8 Å². The van der Waals surface area contributed by atoms with Gasteiger partial charge in [0.1, 0.15) is 5.75 Å². The Morgan fingerprint density at radius 3 is 2.58 bits per heavy atom. The molecule has 0 unspecified atom stereocenters.